The summed E-state index contributed by atoms with van der Waals surface area (Å²) >= 11 is 0. The fraction of sp³-hybridized carbons (Fsp3) is 0.611. The van der Waals surface area contributed by atoms with E-state index in [4.69, 9.17) is 4.74 Å². The number of para-hydroxylation sites is 1. The van der Waals surface area contributed by atoms with Gasteiger partial charge in [0.05, 0.1) is 6.54 Å². The number of hydrogen-bond donors (Lipinski definition) is 2. The third-order valence-electron chi connectivity index (χ3n) is 4.92. The summed E-state index contributed by atoms with van der Waals surface area (Å²) < 4.78 is 5.97. The lowest BCUT2D eigenvalue weighted by atomic mass is 10.1. The maximum absolute atomic E-state index is 5.97. The van der Waals surface area contributed by atoms with E-state index >= 15 is 0 Å². The molecular weight excluding hydrogens is 302 g/mol. The number of fused-ring (bicyclic) bond motifs is 1. The van der Waals surface area contributed by atoms with Gasteiger partial charge in [0.1, 0.15) is 11.9 Å². The molecule has 0 saturated carbocycles. The first-order chi connectivity index (χ1) is 11.7. The maximum Gasteiger partial charge on any atom is 0.191 e. The average molecular weight is 331 g/mol. The molecule has 2 N–H and O–H groups in total. The van der Waals surface area contributed by atoms with Crippen LogP contribution >= 0.6 is 0 Å². The number of likely N-dealkylation sites (N-methyl/N-ethyl adjacent to an activating group) is 2. The molecule has 0 amide bonds. The molecule has 6 nitrogen and oxygen atoms in total. The highest BCUT2D eigenvalue weighted by atomic mass is 16.5. The van der Waals surface area contributed by atoms with Gasteiger partial charge >= 0.3 is 0 Å². The largest absolute Gasteiger partial charge is 0.488 e. The van der Waals surface area contributed by atoms with Crippen LogP contribution in [0.25, 0.3) is 0 Å². The highest BCUT2D eigenvalue weighted by Gasteiger charge is 2.24. The standard InChI is InChI=1S/C18H29N5O/c1-19-18(20-11-15-13-22(2)8-9-23(15)3)21-12-16-10-14-6-4-5-7-17(14)24-16/h4-7,15-16H,8-13H2,1-3H3,(H2,19,20,21). The van der Waals surface area contributed by atoms with Gasteiger partial charge in [-0.05, 0) is 25.7 Å². The minimum atomic E-state index is 0.171. The number of benzene rings is 1. The van der Waals surface area contributed by atoms with Crippen LogP contribution in [0.4, 0.5) is 0 Å². The topological polar surface area (TPSA) is 52.1 Å². The second kappa shape index (κ2) is 7.85. The molecule has 24 heavy (non-hydrogen) atoms. The Morgan fingerprint density at radius 2 is 2.00 bits per heavy atom. The Balaban J connectivity index is 1.43. The van der Waals surface area contributed by atoms with Crippen molar-refractivity contribution < 1.29 is 4.74 Å². The van der Waals surface area contributed by atoms with Crippen molar-refractivity contribution in [2.45, 2.75) is 18.6 Å². The van der Waals surface area contributed by atoms with Crippen LogP contribution in [0, 0.1) is 0 Å². The van der Waals surface area contributed by atoms with E-state index in [0.717, 1.165) is 50.9 Å². The molecular formula is C18H29N5O. The Kier molecular flexibility index (Phi) is 5.58. The SMILES string of the molecule is CN=C(NCC1Cc2ccccc2O1)NCC1CN(C)CCN1C. The lowest BCUT2D eigenvalue weighted by Gasteiger charge is -2.38. The third-order valence-corrected chi connectivity index (χ3v) is 4.92. The van der Waals surface area contributed by atoms with E-state index in [-0.39, 0.29) is 6.10 Å². The lowest BCUT2D eigenvalue weighted by molar-refractivity contribution is 0.116. The molecule has 3 rings (SSSR count). The molecule has 0 aliphatic carbocycles. The number of piperazine rings is 1. The van der Waals surface area contributed by atoms with E-state index in [9.17, 15) is 0 Å². The minimum Gasteiger partial charge on any atom is -0.488 e. The molecule has 1 aromatic rings. The van der Waals surface area contributed by atoms with Crippen molar-refractivity contribution in [2.24, 2.45) is 4.99 Å². The Bertz CT molecular complexity index is 551. The van der Waals surface area contributed by atoms with Gasteiger partial charge in [0, 0.05) is 45.7 Å². The predicted molar refractivity (Wildman–Crippen MR) is 97.8 cm³/mol. The first-order valence-electron chi connectivity index (χ1n) is 8.73. The van der Waals surface area contributed by atoms with Crippen molar-refractivity contribution in [1.82, 2.24) is 20.4 Å². The summed E-state index contributed by atoms with van der Waals surface area (Å²) in [5.74, 6) is 1.86. The van der Waals surface area contributed by atoms with Crippen LogP contribution in [0.2, 0.25) is 0 Å². The van der Waals surface area contributed by atoms with E-state index in [2.05, 4.69) is 51.7 Å². The average Bonchev–Trinajstić information content (AvgIpc) is 3.00. The Morgan fingerprint density at radius 3 is 2.79 bits per heavy atom. The zero-order chi connectivity index (χ0) is 16.9. The monoisotopic (exact) mass is 331 g/mol. The van der Waals surface area contributed by atoms with E-state index in [1.807, 2.05) is 19.2 Å². The lowest BCUT2D eigenvalue weighted by Crippen LogP contribution is -2.55. The molecule has 1 aromatic carbocycles. The second-order valence-electron chi connectivity index (χ2n) is 6.78. The Labute approximate surface area is 144 Å². The number of nitrogens with one attached hydrogen (secondary N) is 2. The van der Waals surface area contributed by atoms with Crippen LogP contribution in [-0.4, -0.2) is 81.8 Å². The van der Waals surface area contributed by atoms with Gasteiger partial charge in [-0.1, -0.05) is 18.2 Å². The van der Waals surface area contributed by atoms with Gasteiger partial charge in [0.2, 0.25) is 0 Å². The molecule has 0 aromatic heterocycles. The summed E-state index contributed by atoms with van der Waals surface area (Å²) in [6, 6.07) is 8.77. The van der Waals surface area contributed by atoms with Gasteiger partial charge < -0.3 is 20.3 Å². The van der Waals surface area contributed by atoms with Crippen LogP contribution in [0.1, 0.15) is 5.56 Å². The van der Waals surface area contributed by atoms with Crippen LogP contribution in [0.5, 0.6) is 5.75 Å². The molecule has 2 aliphatic rings. The second-order valence-corrected chi connectivity index (χ2v) is 6.78. The number of rotatable bonds is 4. The van der Waals surface area contributed by atoms with Gasteiger partial charge in [-0.15, -0.1) is 0 Å². The Morgan fingerprint density at radius 1 is 1.21 bits per heavy atom. The molecule has 132 valence electrons. The maximum atomic E-state index is 5.97. The van der Waals surface area contributed by atoms with Crippen LogP contribution < -0.4 is 15.4 Å². The van der Waals surface area contributed by atoms with E-state index in [1.165, 1.54) is 5.56 Å². The number of guanidine groups is 1. The summed E-state index contributed by atoms with van der Waals surface area (Å²) in [6.45, 7) is 4.99. The molecule has 0 bridgehead atoms. The first-order valence-corrected chi connectivity index (χ1v) is 8.73. The van der Waals surface area contributed by atoms with Crippen molar-refractivity contribution in [3.63, 3.8) is 0 Å². The number of aliphatic imine (C=N–C) groups is 1. The van der Waals surface area contributed by atoms with Gasteiger partial charge in [0.15, 0.2) is 5.96 Å². The van der Waals surface area contributed by atoms with E-state index in [0.29, 0.717) is 6.04 Å². The highest BCUT2D eigenvalue weighted by Crippen LogP contribution is 2.27. The summed E-state index contributed by atoms with van der Waals surface area (Å²) in [5, 5.41) is 6.84. The summed E-state index contributed by atoms with van der Waals surface area (Å²) in [7, 11) is 6.19. The van der Waals surface area contributed by atoms with Gasteiger partial charge in [-0.3, -0.25) is 9.89 Å². The zero-order valence-electron chi connectivity index (χ0n) is 15.0. The van der Waals surface area contributed by atoms with E-state index < -0.39 is 0 Å². The van der Waals surface area contributed by atoms with Crippen LogP contribution in [0.3, 0.4) is 0 Å². The molecule has 0 spiro atoms. The van der Waals surface area contributed by atoms with Crippen molar-refractivity contribution in [2.75, 3.05) is 53.9 Å². The molecule has 2 unspecified atom stereocenters. The zero-order valence-corrected chi connectivity index (χ0v) is 15.0. The summed E-state index contributed by atoms with van der Waals surface area (Å²) in [6.07, 6.45) is 1.13. The fourth-order valence-electron chi connectivity index (χ4n) is 3.34. The molecule has 1 saturated heterocycles. The van der Waals surface area contributed by atoms with Crippen molar-refractivity contribution in [3.8, 4) is 5.75 Å². The highest BCUT2D eigenvalue weighted by molar-refractivity contribution is 5.79. The number of hydrogen-bond acceptors (Lipinski definition) is 4. The molecule has 6 heteroatoms. The van der Waals surface area contributed by atoms with Gasteiger partial charge in [-0.25, -0.2) is 0 Å². The molecule has 1 fully saturated rings. The number of ether oxygens (including phenoxy) is 1. The van der Waals surface area contributed by atoms with Gasteiger partial charge in [-0.2, -0.15) is 0 Å². The molecule has 2 aliphatic heterocycles. The molecule has 0 radical (unpaired) electrons. The predicted octanol–water partition coefficient (Wildman–Crippen LogP) is 0.401. The minimum absolute atomic E-state index is 0.171. The normalized spacial score (nSPS) is 25.2. The van der Waals surface area contributed by atoms with E-state index in [1.54, 1.807) is 0 Å². The third kappa shape index (κ3) is 4.19. The summed E-state index contributed by atoms with van der Waals surface area (Å²) in [5.41, 5.74) is 1.29. The fourth-order valence-corrected chi connectivity index (χ4v) is 3.34. The quantitative estimate of drug-likeness (QED) is 0.618. The molecule has 2 heterocycles. The number of nitrogens with zero attached hydrogens (tertiary/aromatic N) is 3. The van der Waals surface area contributed by atoms with Crippen LogP contribution in [-0.2, 0) is 6.42 Å². The molecule has 2 atom stereocenters. The van der Waals surface area contributed by atoms with Crippen molar-refractivity contribution in [3.05, 3.63) is 29.8 Å². The first kappa shape index (κ1) is 17.0. The van der Waals surface area contributed by atoms with Gasteiger partial charge in [0.25, 0.3) is 0 Å². The Hall–Kier alpha value is -1.79. The summed E-state index contributed by atoms with van der Waals surface area (Å²) in [4.78, 5) is 9.13. The van der Waals surface area contributed by atoms with Crippen molar-refractivity contribution >= 4 is 5.96 Å². The van der Waals surface area contributed by atoms with Crippen molar-refractivity contribution in [1.29, 1.82) is 0 Å². The smallest absolute Gasteiger partial charge is 0.191 e. The van der Waals surface area contributed by atoms with Crippen LogP contribution in [0.15, 0.2) is 29.3 Å².